The van der Waals surface area contributed by atoms with Crippen LogP contribution in [0.3, 0.4) is 0 Å². The Kier molecular flexibility index (Phi) is 3.82. The Hall–Kier alpha value is -2.12. The van der Waals surface area contributed by atoms with E-state index < -0.39 is 25.3 Å². The van der Waals surface area contributed by atoms with E-state index in [1.807, 2.05) is 43.9 Å². The third-order valence-corrected chi connectivity index (χ3v) is 4.01. The predicted molar refractivity (Wildman–Crippen MR) is 69.3 cm³/mol. The number of hydrogen-bond acceptors (Lipinski definition) is 5. The molecular formula is C13H14N4OSi. The standard InChI is InChI=1S/C13H14N4OSi/c1-19(2,3)18-11-5-4-6-12(7-14,8-15)13(11,9-16)10-17/h4-5,11H,6H2,1-3H3. The average molecular weight is 270 g/mol. The van der Waals surface area contributed by atoms with Gasteiger partial charge in [0.05, 0.1) is 30.4 Å². The maximum absolute atomic E-state index is 9.43. The molecule has 0 bridgehead atoms. The second-order valence-electron chi connectivity index (χ2n) is 5.44. The summed E-state index contributed by atoms with van der Waals surface area (Å²) in [6, 6.07) is 7.45. The quantitative estimate of drug-likeness (QED) is 0.565. The monoisotopic (exact) mass is 270 g/mol. The van der Waals surface area contributed by atoms with E-state index in [0.717, 1.165) is 0 Å². The molecule has 19 heavy (non-hydrogen) atoms. The van der Waals surface area contributed by atoms with Crippen LogP contribution < -0.4 is 0 Å². The van der Waals surface area contributed by atoms with Gasteiger partial charge >= 0.3 is 0 Å². The Labute approximate surface area is 114 Å². The zero-order valence-electron chi connectivity index (χ0n) is 11.1. The molecule has 1 aliphatic rings. The minimum Gasteiger partial charge on any atom is -0.409 e. The molecule has 0 saturated carbocycles. The van der Waals surface area contributed by atoms with Crippen molar-refractivity contribution in [3.8, 4) is 24.3 Å². The summed E-state index contributed by atoms with van der Waals surface area (Å²) in [5.74, 6) is 0. The molecule has 0 aliphatic heterocycles. The van der Waals surface area contributed by atoms with E-state index in [0.29, 0.717) is 0 Å². The molecule has 0 aromatic carbocycles. The van der Waals surface area contributed by atoms with Crippen LogP contribution in [0.5, 0.6) is 0 Å². The van der Waals surface area contributed by atoms with Gasteiger partial charge in [-0.3, -0.25) is 0 Å². The number of hydrogen-bond donors (Lipinski definition) is 0. The third kappa shape index (κ3) is 2.25. The van der Waals surface area contributed by atoms with Crippen molar-refractivity contribution in [2.45, 2.75) is 32.2 Å². The summed E-state index contributed by atoms with van der Waals surface area (Å²) in [5, 5.41) is 37.5. The van der Waals surface area contributed by atoms with Crippen molar-refractivity contribution in [3.63, 3.8) is 0 Å². The van der Waals surface area contributed by atoms with Gasteiger partial charge in [0.15, 0.2) is 13.7 Å². The van der Waals surface area contributed by atoms with Crippen LogP contribution in [0.4, 0.5) is 0 Å². The van der Waals surface area contributed by atoms with E-state index in [1.165, 1.54) is 0 Å². The first-order chi connectivity index (χ1) is 8.80. The van der Waals surface area contributed by atoms with Crippen molar-refractivity contribution in [3.05, 3.63) is 12.2 Å². The van der Waals surface area contributed by atoms with Gasteiger partial charge in [0, 0.05) is 6.42 Å². The van der Waals surface area contributed by atoms with Gasteiger partial charge in [-0.1, -0.05) is 12.2 Å². The highest BCUT2D eigenvalue weighted by Gasteiger charge is 2.60. The third-order valence-electron chi connectivity index (χ3n) is 3.05. The molecule has 0 saturated heterocycles. The molecule has 96 valence electrons. The van der Waals surface area contributed by atoms with Crippen molar-refractivity contribution < 1.29 is 4.43 Å². The molecule has 0 spiro atoms. The highest BCUT2D eigenvalue weighted by Crippen LogP contribution is 2.48. The van der Waals surface area contributed by atoms with Crippen LogP contribution in [-0.4, -0.2) is 14.4 Å². The molecule has 0 aromatic heterocycles. The van der Waals surface area contributed by atoms with Crippen LogP contribution in [-0.2, 0) is 4.43 Å². The van der Waals surface area contributed by atoms with Gasteiger partial charge in [0.1, 0.15) is 0 Å². The normalized spacial score (nSPS) is 23.4. The minimum atomic E-state index is -2.03. The summed E-state index contributed by atoms with van der Waals surface area (Å²) in [6.45, 7) is 5.78. The summed E-state index contributed by atoms with van der Waals surface area (Å²) >= 11 is 0. The average Bonchev–Trinajstić information content (AvgIpc) is 2.36. The lowest BCUT2D eigenvalue weighted by atomic mass is 9.59. The van der Waals surface area contributed by atoms with E-state index in [1.54, 1.807) is 12.2 Å². The first-order valence-electron chi connectivity index (χ1n) is 5.80. The van der Waals surface area contributed by atoms with Crippen LogP contribution in [0.1, 0.15) is 6.42 Å². The second-order valence-corrected chi connectivity index (χ2v) is 9.90. The van der Waals surface area contributed by atoms with Crippen molar-refractivity contribution in [2.75, 3.05) is 0 Å². The smallest absolute Gasteiger partial charge is 0.203 e. The van der Waals surface area contributed by atoms with E-state index in [9.17, 15) is 21.0 Å². The van der Waals surface area contributed by atoms with E-state index in [-0.39, 0.29) is 6.42 Å². The number of nitrogens with zero attached hydrogens (tertiary/aromatic N) is 4. The van der Waals surface area contributed by atoms with Crippen molar-refractivity contribution in [1.29, 1.82) is 21.0 Å². The molecule has 1 unspecified atom stereocenters. The molecule has 0 N–H and O–H groups in total. The molecule has 1 rings (SSSR count). The number of nitriles is 4. The van der Waals surface area contributed by atoms with Gasteiger partial charge in [0.25, 0.3) is 0 Å². The lowest BCUT2D eigenvalue weighted by Gasteiger charge is -2.40. The summed E-state index contributed by atoms with van der Waals surface area (Å²) in [4.78, 5) is 0. The molecule has 0 radical (unpaired) electrons. The Balaban J connectivity index is 3.45. The molecule has 0 aromatic rings. The summed E-state index contributed by atoms with van der Waals surface area (Å²) < 4.78 is 5.84. The zero-order chi connectivity index (χ0) is 14.7. The first-order valence-corrected chi connectivity index (χ1v) is 9.21. The molecule has 6 heteroatoms. The van der Waals surface area contributed by atoms with Crippen LogP contribution >= 0.6 is 0 Å². The van der Waals surface area contributed by atoms with Crippen molar-refractivity contribution in [1.82, 2.24) is 0 Å². The van der Waals surface area contributed by atoms with Gasteiger partial charge in [-0.2, -0.15) is 21.0 Å². The number of allylic oxidation sites excluding steroid dienone is 1. The van der Waals surface area contributed by atoms with Crippen LogP contribution in [0.2, 0.25) is 19.6 Å². The van der Waals surface area contributed by atoms with Crippen LogP contribution in [0, 0.1) is 56.2 Å². The molecule has 1 atom stereocenters. The topological polar surface area (TPSA) is 104 Å². The SMILES string of the molecule is C[Si](C)(C)OC1C=CCC(C#N)(C#N)C1(C#N)C#N. The van der Waals surface area contributed by atoms with Crippen LogP contribution in [0.25, 0.3) is 0 Å². The fraction of sp³-hybridized carbons (Fsp3) is 0.538. The summed E-state index contributed by atoms with van der Waals surface area (Å²) in [7, 11) is -2.03. The lowest BCUT2D eigenvalue weighted by molar-refractivity contribution is 0.0951. The Bertz CT molecular complexity index is 534. The van der Waals surface area contributed by atoms with Crippen LogP contribution in [0.15, 0.2) is 12.2 Å². The maximum atomic E-state index is 9.43. The largest absolute Gasteiger partial charge is 0.409 e. The fourth-order valence-corrected chi connectivity index (χ4v) is 3.08. The highest BCUT2D eigenvalue weighted by atomic mass is 28.4. The Morgan fingerprint density at radius 2 is 1.58 bits per heavy atom. The van der Waals surface area contributed by atoms with Gasteiger partial charge in [-0.05, 0) is 19.6 Å². The van der Waals surface area contributed by atoms with Gasteiger partial charge in [0.2, 0.25) is 5.41 Å². The minimum absolute atomic E-state index is 0.0622. The van der Waals surface area contributed by atoms with Gasteiger partial charge < -0.3 is 4.43 Å². The fourth-order valence-electron chi connectivity index (χ4n) is 2.06. The summed E-state index contributed by atoms with van der Waals surface area (Å²) in [6.07, 6.45) is 2.48. The number of rotatable bonds is 2. The van der Waals surface area contributed by atoms with E-state index in [2.05, 4.69) is 0 Å². The van der Waals surface area contributed by atoms with Gasteiger partial charge in [-0.25, -0.2) is 0 Å². The molecule has 0 fully saturated rings. The zero-order valence-corrected chi connectivity index (χ0v) is 12.1. The van der Waals surface area contributed by atoms with Crippen molar-refractivity contribution in [2.24, 2.45) is 10.8 Å². The Morgan fingerprint density at radius 3 is 1.95 bits per heavy atom. The van der Waals surface area contributed by atoms with Crippen molar-refractivity contribution >= 4 is 8.32 Å². The second kappa shape index (κ2) is 4.86. The summed E-state index contributed by atoms with van der Waals surface area (Å²) in [5.41, 5.74) is -3.47. The Morgan fingerprint density at radius 1 is 1.05 bits per heavy atom. The predicted octanol–water partition coefficient (Wildman–Crippen LogP) is 2.23. The first kappa shape index (κ1) is 14.9. The maximum Gasteiger partial charge on any atom is 0.203 e. The molecular weight excluding hydrogens is 256 g/mol. The molecule has 0 heterocycles. The van der Waals surface area contributed by atoms with E-state index in [4.69, 9.17) is 4.43 Å². The van der Waals surface area contributed by atoms with E-state index >= 15 is 0 Å². The molecule has 5 nitrogen and oxygen atoms in total. The molecule has 1 aliphatic carbocycles. The highest BCUT2D eigenvalue weighted by molar-refractivity contribution is 6.69. The lowest BCUT2D eigenvalue weighted by Crippen LogP contribution is -2.52. The molecule has 0 amide bonds. The van der Waals surface area contributed by atoms with Gasteiger partial charge in [-0.15, -0.1) is 0 Å².